The van der Waals surface area contributed by atoms with Crippen LogP contribution in [-0.4, -0.2) is 10.9 Å². The summed E-state index contributed by atoms with van der Waals surface area (Å²) in [6.07, 6.45) is 7.73. The van der Waals surface area contributed by atoms with E-state index in [1.807, 2.05) is 0 Å². The topological polar surface area (TPSA) is 29.5 Å². The third kappa shape index (κ3) is 4.63. The van der Waals surface area contributed by atoms with Crippen LogP contribution in [0.3, 0.4) is 0 Å². The highest BCUT2D eigenvalue weighted by atomic mass is 17.1. The summed E-state index contributed by atoms with van der Waals surface area (Å²) in [5.41, 5.74) is -0.270. The highest BCUT2D eigenvalue weighted by Gasteiger charge is 2.26. The van der Waals surface area contributed by atoms with Gasteiger partial charge in [-0.25, -0.2) is 4.89 Å². The van der Waals surface area contributed by atoms with E-state index in [9.17, 15) is 0 Å². The normalized spacial score (nSPS) is 12.0. The van der Waals surface area contributed by atoms with Crippen molar-refractivity contribution in [2.45, 2.75) is 71.3 Å². The molecule has 0 rings (SSSR count). The molecule has 0 saturated heterocycles. The maximum atomic E-state index is 8.83. The van der Waals surface area contributed by atoms with Gasteiger partial charge in [-0.1, -0.05) is 46.5 Å². The molecule has 0 heterocycles. The van der Waals surface area contributed by atoms with Gasteiger partial charge in [0.15, 0.2) is 0 Å². The van der Waals surface area contributed by atoms with Crippen LogP contribution in [0.4, 0.5) is 0 Å². The standard InChI is InChI=1S/C11H24O2/c1-4-7-8-9-10-11(5-2,6-3)13-12/h12H,4-10H2,1-3H3. The van der Waals surface area contributed by atoms with E-state index in [4.69, 9.17) is 5.26 Å². The summed E-state index contributed by atoms with van der Waals surface area (Å²) in [4.78, 5) is 4.62. The minimum absolute atomic E-state index is 0.270. The first-order chi connectivity index (χ1) is 6.24. The monoisotopic (exact) mass is 188 g/mol. The Kier molecular flexibility index (Phi) is 7.29. The molecule has 0 aliphatic heterocycles. The van der Waals surface area contributed by atoms with E-state index in [2.05, 4.69) is 25.7 Å². The first-order valence-electron chi connectivity index (χ1n) is 5.57. The summed E-state index contributed by atoms with van der Waals surface area (Å²) in [6.45, 7) is 6.34. The van der Waals surface area contributed by atoms with Crippen molar-refractivity contribution in [1.82, 2.24) is 0 Å². The SMILES string of the molecule is CCCCCCC(CC)(CC)OO. The van der Waals surface area contributed by atoms with Crippen LogP contribution in [0.25, 0.3) is 0 Å². The van der Waals surface area contributed by atoms with Crippen molar-refractivity contribution in [2.24, 2.45) is 0 Å². The van der Waals surface area contributed by atoms with Crippen LogP contribution in [0.1, 0.15) is 65.7 Å². The molecule has 1 N–H and O–H groups in total. The van der Waals surface area contributed by atoms with Gasteiger partial charge in [0.05, 0.1) is 0 Å². The zero-order valence-electron chi connectivity index (χ0n) is 9.31. The molecule has 0 spiro atoms. The molecule has 0 bridgehead atoms. The lowest BCUT2D eigenvalue weighted by Gasteiger charge is -2.27. The van der Waals surface area contributed by atoms with E-state index in [1.165, 1.54) is 19.3 Å². The van der Waals surface area contributed by atoms with E-state index in [-0.39, 0.29) is 5.60 Å². The first kappa shape index (κ1) is 12.9. The number of unbranched alkanes of at least 4 members (excludes halogenated alkanes) is 3. The molecule has 2 nitrogen and oxygen atoms in total. The third-order valence-corrected chi connectivity index (χ3v) is 2.97. The minimum Gasteiger partial charge on any atom is -0.251 e. The molecule has 0 unspecified atom stereocenters. The van der Waals surface area contributed by atoms with Crippen LogP contribution < -0.4 is 0 Å². The molecule has 0 aliphatic rings. The van der Waals surface area contributed by atoms with Gasteiger partial charge in [-0.2, -0.15) is 0 Å². The van der Waals surface area contributed by atoms with Crippen LogP contribution >= 0.6 is 0 Å². The van der Waals surface area contributed by atoms with Crippen molar-refractivity contribution < 1.29 is 10.1 Å². The quantitative estimate of drug-likeness (QED) is 0.354. The molecule has 0 radical (unpaired) electrons. The van der Waals surface area contributed by atoms with Gasteiger partial charge in [-0.3, -0.25) is 5.26 Å². The van der Waals surface area contributed by atoms with E-state index < -0.39 is 0 Å². The van der Waals surface area contributed by atoms with Gasteiger partial charge in [0.1, 0.15) is 5.60 Å². The van der Waals surface area contributed by atoms with E-state index >= 15 is 0 Å². The molecule has 0 atom stereocenters. The summed E-state index contributed by atoms with van der Waals surface area (Å²) in [7, 11) is 0. The molecule has 0 aromatic rings. The van der Waals surface area contributed by atoms with Crippen molar-refractivity contribution in [1.29, 1.82) is 0 Å². The van der Waals surface area contributed by atoms with Crippen molar-refractivity contribution in [2.75, 3.05) is 0 Å². The Balaban J connectivity index is 3.68. The van der Waals surface area contributed by atoms with E-state index in [0.717, 1.165) is 25.7 Å². The van der Waals surface area contributed by atoms with Gasteiger partial charge >= 0.3 is 0 Å². The average molecular weight is 188 g/mol. The predicted octanol–water partition coefficient (Wildman–Crippen LogP) is 4.01. The molecule has 2 heteroatoms. The second-order valence-corrected chi connectivity index (χ2v) is 3.79. The van der Waals surface area contributed by atoms with Gasteiger partial charge < -0.3 is 0 Å². The van der Waals surface area contributed by atoms with Gasteiger partial charge in [0.2, 0.25) is 0 Å². The lowest BCUT2D eigenvalue weighted by Crippen LogP contribution is -2.29. The Labute approximate surface area is 82.2 Å². The zero-order chi connectivity index (χ0) is 10.2. The zero-order valence-corrected chi connectivity index (χ0v) is 9.31. The molecular formula is C11H24O2. The second-order valence-electron chi connectivity index (χ2n) is 3.79. The second kappa shape index (κ2) is 7.34. The molecule has 0 fully saturated rings. The smallest absolute Gasteiger partial charge is 0.103 e. The van der Waals surface area contributed by atoms with Crippen LogP contribution in [0, 0.1) is 0 Å². The maximum absolute atomic E-state index is 8.83. The summed E-state index contributed by atoms with van der Waals surface area (Å²) in [6, 6.07) is 0. The van der Waals surface area contributed by atoms with Crippen LogP contribution in [0.15, 0.2) is 0 Å². The molecule has 0 aromatic heterocycles. The van der Waals surface area contributed by atoms with Crippen LogP contribution in [0.2, 0.25) is 0 Å². The number of hydrogen-bond acceptors (Lipinski definition) is 2. The third-order valence-electron chi connectivity index (χ3n) is 2.97. The Morgan fingerprint density at radius 2 is 1.62 bits per heavy atom. The summed E-state index contributed by atoms with van der Waals surface area (Å²) >= 11 is 0. The maximum Gasteiger partial charge on any atom is 0.103 e. The van der Waals surface area contributed by atoms with Gasteiger partial charge in [0.25, 0.3) is 0 Å². The van der Waals surface area contributed by atoms with Crippen molar-refractivity contribution in [3.8, 4) is 0 Å². The highest BCUT2D eigenvalue weighted by molar-refractivity contribution is 4.75. The Morgan fingerprint density at radius 3 is 2.00 bits per heavy atom. The van der Waals surface area contributed by atoms with E-state index in [0.29, 0.717) is 0 Å². The average Bonchev–Trinajstić information content (AvgIpc) is 2.20. The van der Waals surface area contributed by atoms with E-state index in [1.54, 1.807) is 0 Å². The lowest BCUT2D eigenvalue weighted by molar-refractivity contribution is -0.327. The molecule has 0 amide bonds. The molecule has 0 aromatic carbocycles. The fourth-order valence-electron chi connectivity index (χ4n) is 1.65. The molecular weight excluding hydrogens is 164 g/mol. The summed E-state index contributed by atoms with van der Waals surface area (Å²) < 4.78 is 0. The number of hydrogen-bond donors (Lipinski definition) is 1. The van der Waals surface area contributed by atoms with Gasteiger partial charge in [-0.05, 0) is 19.3 Å². The largest absolute Gasteiger partial charge is 0.251 e. The fourth-order valence-corrected chi connectivity index (χ4v) is 1.65. The first-order valence-corrected chi connectivity index (χ1v) is 5.57. The van der Waals surface area contributed by atoms with Crippen molar-refractivity contribution >= 4 is 0 Å². The fraction of sp³-hybridized carbons (Fsp3) is 1.00. The van der Waals surface area contributed by atoms with Gasteiger partial charge in [0, 0.05) is 0 Å². The molecule has 80 valence electrons. The summed E-state index contributed by atoms with van der Waals surface area (Å²) in [5.74, 6) is 0. The lowest BCUT2D eigenvalue weighted by atomic mass is 9.90. The minimum atomic E-state index is -0.270. The molecule has 0 aliphatic carbocycles. The Hall–Kier alpha value is -0.0800. The van der Waals surface area contributed by atoms with Crippen molar-refractivity contribution in [3.05, 3.63) is 0 Å². The highest BCUT2D eigenvalue weighted by Crippen LogP contribution is 2.26. The number of rotatable bonds is 8. The van der Waals surface area contributed by atoms with Crippen molar-refractivity contribution in [3.63, 3.8) is 0 Å². The van der Waals surface area contributed by atoms with Crippen LogP contribution in [0.5, 0.6) is 0 Å². The Bertz CT molecular complexity index is 100. The Morgan fingerprint density at radius 1 is 1.00 bits per heavy atom. The predicted molar refractivity (Wildman–Crippen MR) is 55.8 cm³/mol. The molecule has 13 heavy (non-hydrogen) atoms. The van der Waals surface area contributed by atoms with Crippen LogP contribution in [-0.2, 0) is 4.89 Å². The van der Waals surface area contributed by atoms with Gasteiger partial charge in [-0.15, -0.1) is 0 Å². The molecule has 0 saturated carbocycles. The summed E-state index contributed by atoms with van der Waals surface area (Å²) in [5, 5.41) is 8.83.